The first-order valence-corrected chi connectivity index (χ1v) is 6.37. The van der Waals surface area contributed by atoms with Crippen LogP contribution in [0.4, 0.5) is 0 Å². The van der Waals surface area contributed by atoms with Crippen molar-refractivity contribution in [1.82, 2.24) is 15.3 Å². The summed E-state index contributed by atoms with van der Waals surface area (Å²) in [5.74, 6) is 0.587. The van der Waals surface area contributed by atoms with E-state index in [1.807, 2.05) is 6.07 Å². The molecule has 0 saturated heterocycles. The van der Waals surface area contributed by atoms with E-state index in [4.69, 9.17) is 0 Å². The van der Waals surface area contributed by atoms with Crippen molar-refractivity contribution < 1.29 is 0 Å². The van der Waals surface area contributed by atoms with Crippen LogP contribution in [0, 0.1) is 0 Å². The summed E-state index contributed by atoms with van der Waals surface area (Å²) in [4.78, 5) is 8.08. The van der Waals surface area contributed by atoms with Crippen LogP contribution in [0.25, 0.3) is 0 Å². The molecule has 0 aliphatic carbocycles. The molecule has 18 heavy (non-hydrogen) atoms. The van der Waals surface area contributed by atoms with Crippen LogP contribution in [0.5, 0.6) is 0 Å². The molecular weight excluding hydrogens is 222 g/mol. The van der Waals surface area contributed by atoms with Gasteiger partial charge < -0.3 is 5.32 Å². The van der Waals surface area contributed by atoms with Crippen molar-refractivity contribution in [3.63, 3.8) is 0 Å². The first kappa shape index (κ1) is 12.7. The van der Waals surface area contributed by atoms with E-state index in [-0.39, 0.29) is 0 Å². The standard InChI is InChI=1S/C15H19N3/c1-13(14-5-3-2-4-6-14)7-9-16-11-15-8-10-17-12-18-15/h2-6,8,10,12-13,16H,7,9,11H2,1H3. The predicted molar refractivity (Wildman–Crippen MR) is 73.2 cm³/mol. The summed E-state index contributed by atoms with van der Waals surface area (Å²) in [5, 5.41) is 3.41. The molecule has 1 atom stereocenters. The Labute approximate surface area is 108 Å². The normalized spacial score (nSPS) is 12.3. The number of hydrogen-bond donors (Lipinski definition) is 1. The van der Waals surface area contributed by atoms with Crippen LogP contribution >= 0.6 is 0 Å². The van der Waals surface area contributed by atoms with Gasteiger partial charge in [0.2, 0.25) is 0 Å². The number of nitrogens with zero attached hydrogens (tertiary/aromatic N) is 2. The lowest BCUT2D eigenvalue weighted by atomic mass is 9.98. The van der Waals surface area contributed by atoms with Gasteiger partial charge in [-0.3, -0.25) is 0 Å². The maximum atomic E-state index is 4.18. The highest BCUT2D eigenvalue weighted by Crippen LogP contribution is 2.17. The van der Waals surface area contributed by atoms with Gasteiger partial charge in [-0.05, 0) is 30.5 Å². The molecule has 0 saturated carbocycles. The molecule has 1 aromatic carbocycles. The SMILES string of the molecule is CC(CCNCc1ccncn1)c1ccccc1. The van der Waals surface area contributed by atoms with E-state index in [2.05, 4.69) is 52.5 Å². The number of nitrogens with one attached hydrogen (secondary N) is 1. The second-order valence-corrected chi connectivity index (χ2v) is 4.48. The molecule has 0 amide bonds. The molecular formula is C15H19N3. The third-order valence-corrected chi connectivity index (χ3v) is 3.07. The van der Waals surface area contributed by atoms with Gasteiger partial charge in [0.15, 0.2) is 0 Å². The third kappa shape index (κ3) is 3.93. The van der Waals surface area contributed by atoms with Crippen LogP contribution < -0.4 is 5.32 Å². The number of hydrogen-bond acceptors (Lipinski definition) is 3. The van der Waals surface area contributed by atoms with Crippen LogP contribution in [0.15, 0.2) is 48.9 Å². The van der Waals surface area contributed by atoms with Gasteiger partial charge in [0.05, 0.1) is 5.69 Å². The van der Waals surface area contributed by atoms with Gasteiger partial charge in [-0.1, -0.05) is 37.3 Å². The average molecular weight is 241 g/mol. The molecule has 1 aromatic heterocycles. The van der Waals surface area contributed by atoms with E-state index in [0.29, 0.717) is 5.92 Å². The van der Waals surface area contributed by atoms with Crippen LogP contribution in [-0.4, -0.2) is 16.5 Å². The zero-order valence-electron chi connectivity index (χ0n) is 10.7. The third-order valence-electron chi connectivity index (χ3n) is 3.07. The maximum Gasteiger partial charge on any atom is 0.115 e. The zero-order chi connectivity index (χ0) is 12.6. The van der Waals surface area contributed by atoms with Gasteiger partial charge in [-0.25, -0.2) is 9.97 Å². The van der Waals surface area contributed by atoms with Gasteiger partial charge >= 0.3 is 0 Å². The van der Waals surface area contributed by atoms with Crippen LogP contribution in [-0.2, 0) is 6.54 Å². The van der Waals surface area contributed by atoms with Crippen LogP contribution in [0.1, 0.15) is 30.5 Å². The van der Waals surface area contributed by atoms with E-state index in [9.17, 15) is 0 Å². The van der Waals surface area contributed by atoms with Crippen molar-refractivity contribution >= 4 is 0 Å². The maximum absolute atomic E-state index is 4.18. The Morgan fingerprint density at radius 3 is 2.72 bits per heavy atom. The van der Waals surface area contributed by atoms with Crippen molar-refractivity contribution in [2.45, 2.75) is 25.8 Å². The van der Waals surface area contributed by atoms with Crippen molar-refractivity contribution in [3.8, 4) is 0 Å². The molecule has 1 N–H and O–H groups in total. The Balaban J connectivity index is 1.70. The van der Waals surface area contributed by atoms with Crippen molar-refractivity contribution in [2.24, 2.45) is 0 Å². The average Bonchev–Trinajstić information content (AvgIpc) is 2.45. The molecule has 94 valence electrons. The van der Waals surface area contributed by atoms with E-state index in [1.54, 1.807) is 12.5 Å². The van der Waals surface area contributed by atoms with Crippen LogP contribution in [0.3, 0.4) is 0 Å². The highest BCUT2D eigenvalue weighted by atomic mass is 14.9. The highest BCUT2D eigenvalue weighted by molar-refractivity contribution is 5.18. The predicted octanol–water partition coefficient (Wildman–Crippen LogP) is 2.76. The van der Waals surface area contributed by atoms with E-state index in [0.717, 1.165) is 25.2 Å². The summed E-state index contributed by atoms with van der Waals surface area (Å²) in [5.41, 5.74) is 2.44. The van der Waals surface area contributed by atoms with E-state index >= 15 is 0 Å². The molecule has 2 rings (SSSR count). The lowest BCUT2D eigenvalue weighted by Gasteiger charge is -2.12. The Morgan fingerprint density at radius 2 is 2.00 bits per heavy atom. The second kappa shape index (κ2) is 6.87. The zero-order valence-corrected chi connectivity index (χ0v) is 10.7. The monoisotopic (exact) mass is 241 g/mol. The Kier molecular flexibility index (Phi) is 4.85. The molecule has 0 spiro atoms. The van der Waals surface area contributed by atoms with Gasteiger partial charge in [-0.2, -0.15) is 0 Å². The molecule has 0 aliphatic rings. The largest absolute Gasteiger partial charge is 0.311 e. The lowest BCUT2D eigenvalue weighted by Crippen LogP contribution is -2.17. The van der Waals surface area contributed by atoms with Gasteiger partial charge in [0.1, 0.15) is 6.33 Å². The molecule has 0 radical (unpaired) electrons. The molecule has 0 fully saturated rings. The highest BCUT2D eigenvalue weighted by Gasteiger charge is 2.03. The van der Waals surface area contributed by atoms with E-state index < -0.39 is 0 Å². The van der Waals surface area contributed by atoms with Gasteiger partial charge in [-0.15, -0.1) is 0 Å². The Hall–Kier alpha value is -1.74. The van der Waals surface area contributed by atoms with E-state index in [1.165, 1.54) is 5.56 Å². The second-order valence-electron chi connectivity index (χ2n) is 4.48. The minimum atomic E-state index is 0.587. The topological polar surface area (TPSA) is 37.8 Å². The van der Waals surface area contributed by atoms with Crippen LogP contribution in [0.2, 0.25) is 0 Å². The molecule has 1 unspecified atom stereocenters. The van der Waals surface area contributed by atoms with Crippen molar-refractivity contribution in [1.29, 1.82) is 0 Å². The van der Waals surface area contributed by atoms with Gasteiger partial charge in [0.25, 0.3) is 0 Å². The summed E-state index contributed by atoms with van der Waals surface area (Å²) in [7, 11) is 0. The number of rotatable bonds is 6. The Morgan fingerprint density at radius 1 is 1.17 bits per heavy atom. The molecule has 3 heteroatoms. The molecule has 2 aromatic rings. The summed E-state index contributed by atoms with van der Waals surface area (Å²) in [6.45, 7) is 4.08. The summed E-state index contributed by atoms with van der Waals surface area (Å²) < 4.78 is 0. The fourth-order valence-corrected chi connectivity index (χ4v) is 1.91. The fraction of sp³-hybridized carbons (Fsp3) is 0.333. The first-order chi connectivity index (χ1) is 8.86. The van der Waals surface area contributed by atoms with Gasteiger partial charge in [0, 0.05) is 12.7 Å². The number of aromatic nitrogens is 2. The summed E-state index contributed by atoms with van der Waals surface area (Å²) in [6, 6.07) is 12.6. The summed E-state index contributed by atoms with van der Waals surface area (Å²) >= 11 is 0. The molecule has 1 heterocycles. The Bertz CT molecular complexity index is 442. The van der Waals surface area contributed by atoms with Crippen molar-refractivity contribution in [2.75, 3.05) is 6.54 Å². The molecule has 0 aliphatic heterocycles. The molecule has 0 bridgehead atoms. The lowest BCUT2D eigenvalue weighted by molar-refractivity contribution is 0.589. The fourth-order valence-electron chi connectivity index (χ4n) is 1.91. The quantitative estimate of drug-likeness (QED) is 0.790. The summed E-state index contributed by atoms with van der Waals surface area (Å²) in [6.07, 6.45) is 4.50. The number of benzene rings is 1. The minimum absolute atomic E-state index is 0.587. The van der Waals surface area contributed by atoms with Crippen molar-refractivity contribution in [3.05, 3.63) is 60.2 Å². The minimum Gasteiger partial charge on any atom is -0.311 e. The smallest absolute Gasteiger partial charge is 0.115 e. The molecule has 3 nitrogen and oxygen atoms in total. The first-order valence-electron chi connectivity index (χ1n) is 6.37.